The minimum absolute atomic E-state index is 0.108. The Kier molecular flexibility index (Phi) is 9.59. The van der Waals surface area contributed by atoms with Crippen molar-refractivity contribution >= 4 is 23.7 Å². The lowest BCUT2D eigenvalue weighted by Crippen LogP contribution is -2.51. The summed E-state index contributed by atoms with van der Waals surface area (Å²) in [6.45, 7) is 6.54. The van der Waals surface area contributed by atoms with Crippen molar-refractivity contribution in [1.29, 1.82) is 0 Å². The molecule has 0 spiro atoms. The summed E-state index contributed by atoms with van der Waals surface area (Å²) in [7, 11) is 0. The van der Waals surface area contributed by atoms with Gasteiger partial charge in [-0.3, -0.25) is 14.4 Å². The minimum Gasteiger partial charge on any atom is -0.547 e. The maximum Gasteiger partial charge on any atom is 0.306 e. The van der Waals surface area contributed by atoms with Crippen molar-refractivity contribution in [3.8, 4) is 0 Å². The molecule has 1 aromatic heterocycles. The Labute approximate surface area is 156 Å². The van der Waals surface area contributed by atoms with E-state index in [0.29, 0.717) is 0 Å². The SMILES string of the molecule is CC(=O)c1ccc[n+](CC=C(C)C)c1.O=C(O)CC(O)(CC(=O)O)C(=O)[O-]. The Morgan fingerprint density at radius 1 is 1.11 bits per heavy atom. The molecule has 0 bridgehead atoms. The first-order valence-corrected chi connectivity index (χ1v) is 7.88. The van der Waals surface area contributed by atoms with Gasteiger partial charge >= 0.3 is 11.9 Å². The molecule has 0 atom stereocenters. The van der Waals surface area contributed by atoms with E-state index in [4.69, 9.17) is 15.3 Å². The highest BCUT2D eigenvalue weighted by molar-refractivity contribution is 5.93. The van der Waals surface area contributed by atoms with E-state index in [1.165, 1.54) is 5.57 Å². The quantitative estimate of drug-likeness (QED) is 0.311. The predicted molar refractivity (Wildman–Crippen MR) is 90.5 cm³/mol. The van der Waals surface area contributed by atoms with Gasteiger partial charge in [0.15, 0.2) is 24.7 Å². The van der Waals surface area contributed by atoms with Gasteiger partial charge in [-0.25, -0.2) is 4.57 Å². The highest BCUT2D eigenvalue weighted by atomic mass is 16.4. The number of carbonyl (C=O) groups is 4. The molecule has 0 saturated heterocycles. The fourth-order valence-electron chi connectivity index (χ4n) is 1.84. The summed E-state index contributed by atoms with van der Waals surface area (Å²) in [6.07, 6.45) is 3.56. The summed E-state index contributed by atoms with van der Waals surface area (Å²) in [5, 5.41) is 35.5. The van der Waals surface area contributed by atoms with Crippen LogP contribution in [0.15, 0.2) is 36.2 Å². The van der Waals surface area contributed by atoms with Gasteiger partial charge in [0.05, 0.1) is 24.4 Å². The molecule has 0 fully saturated rings. The van der Waals surface area contributed by atoms with Crippen LogP contribution in [0, 0.1) is 0 Å². The van der Waals surface area contributed by atoms with Crippen LogP contribution in [0.25, 0.3) is 0 Å². The largest absolute Gasteiger partial charge is 0.547 e. The number of allylic oxidation sites excluding steroid dienone is 2. The summed E-state index contributed by atoms with van der Waals surface area (Å²) < 4.78 is 2.00. The topological polar surface area (TPSA) is 156 Å². The smallest absolute Gasteiger partial charge is 0.306 e. The van der Waals surface area contributed by atoms with Crippen molar-refractivity contribution in [3.05, 3.63) is 41.7 Å². The van der Waals surface area contributed by atoms with Crippen LogP contribution in [0.2, 0.25) is 0 Å². The van der Waals surface area contributed by atoms with E-state index in [1.54, 1.807) is 6.92 Å². The molecule has 0 aliphatic carbocycles. The summed E-state index contributed by atoms with van der Waals surface area (Å²) in [5.74, 6) is -5.24. The van der Waals surface area contributed by atoms with Crippen LogP contribution in [0.5, 0.6) is 0 Å². The van der Waals surface area contributed by atoms with Gasteiger partial charge in [-0.1, -0.05) is 5.57 Å². The van der Waals surface area contributed by atoms with Crippen molar-refractivity contribution in [1.82, 2.24) is 0 Å². The number of nitrogens with zero attached hydrogens (tertiary/aromatic N) is 1. The molecule has 148 valence electrons. The molecule has 0 aliphatic rings. The highest BCUT2D eigenvalue weighted by Gasteiger charge is 2.34. The lowest BCUT2D eigenvalue weighted by Gasteiger charge is -2.25. The molecule has 1 rings (SSSR count). The predicted octanol–water partition coefficient (Wildman–Crippen LogP) is -0.440. The van der Waals surface area contributed by atoms with E-state index < -0.39 is 36.4 Å². The van der Waals surface area contributed by atoms with Gasteiger partial charge in [-0.2, -0.15) is 0 Å². The summed E-state index contributed by atoms with van der Waals surface area (Å²) in [5.41, 5.74) is -0.808. The lowest BCUT2D eigenvalue weighted by atomic mass is 9.96. The van der Waals surface area contributed by atoms with Gasteiger partial charge in [-0.05, 0) is 32.9 Å². The van der Waals surface area contributed by atoms with Crippen molar-refractivity contribution in [2.45, 2.75) is 45.8 Å². The van der Waals surface area contributed by atoms with Crippen LogP contribution in [0.3, 0.4) is 0 Å². The molecule has 0 amide bonds. The molecule has 0 saturated carbocycles. The van der Waals surface area contributed by atoms with Crippen LogP contribution < -0.4 is 9.67 Å². The van der Waals surface area contributed by atoms with Crippen molar-refractivity contribution in [2.24, 2.45) is 0 Å². The summed E-state index contributed by atoms with van der Waals surface area (Å²) >= 11 is 0. The average Bonchev–Trinajstić information content (AvgIpc) is 2.52. The molecule has 1 aromatic rings. The number of aromatic nitrogens is 1. The first-order chi connectivity index (χ1) is 12.4. The summed E-state index contributed by atoms with van der Waals surface area (Å²) in [4.78, 5) is 41.4. The Morgan fingerprint density at radius 2 is 1.63 bits per heavy atom. The monoisotopic (exact) mass is 381 g/mol. The molecule has 9 heteroatoms. The third-order valence-electron chi connectivity index (χ3n) is 3.24. The standard InChI is InChI=1S/C12H16NO.C6H8O7/c1-10(2)6-8-13-7-4-5-12(9-13)11(3)14;7-3(8)1-6(13,5(11)12)2-4(9)10/h4-7,9H,8H2,1-3H3;13H,1-2H2,(H,7,8)(H,9,10)(H,11,12)/q+1;/p-1. The van der Waals surface area contributed by atoms with E-state index in [1.807, 2.05) is 29.1 Å². The van der Waals surface area contributed by atoms with Crippen LogP contribution in [0.1, 0.15) is 44.0 Å². The molecule has 0 aromatic carbocycles. The molecular weight excluding hydrogens is 358 g/mol. The number of carbonyl (C=O) groups excluding carboxylic acids is 2. The zero-order valence-electron chi connectivity index (χ0n) is 15.3. The number of rotatable bonds is 8. The maximum atomic E-state index is 11.1. The van der Waals surface area contributed by atoms with E-state index in [2.05, 4.69) is 19.9 Å². The number of carboxylic acids is 3. The Bertz CT molecular complexity index is 719. The fraction of sp³-hybridized carbons (Fsp3) is 0.389. The fourth-order valence-corrected chi connectivity index (χ4v) is 1.84. The lowest BCUT2D eigenvalue weighted by molar-refractivity contribution is -0.687. The molecule has 1 heterocycles. The summed E-state index contributed by atoms with van der Waals surface area (Å²) in [6, 6.07) is 3.73. The average molecular weight is 381 g/mol. The van der Waals surface area contributed by atoms with Crippen LogP contribution >= 0.6 is 0 Å². The second-order valence-corrected chi connectivity index (χ2v) is 6.09. The molecule has 0 aliphatic heterocycles. The van der Waals surface area contributed by atoms with Gasteiger partial charge in [0.25, 0.3) is 0 Å². The number of pyridine rings is 1. The first-order valence-electron chi connectivity index (χ1n) is 7.88. The number of aliphatic carboxylic acids is 3. The van der Waals surface area contributed by atoms with Crippen LogP contribution in [-0.2, 0) is 20.9 Å². The third-order valence-corrected chi connectivity index (χ3v) is 3.24. The van der Waals surface area contributed by atoms with Crippen LogP contribution in [0.4, 0.5) is 0 Å². The van der Waals surface area contributed by atoms with Crippen molar-refractivity contribution in [3.63, 3.8) is 0 Å². The maximum absolute atomic E-state index is 11.1. The molecule has 0 radical (unpaired) electrons. The number of Topliss-reactive ketones (excluding diaryl/α,β-unsaturated/α-hetero) is 1. The second kappa shape index (κ2) is 10.8. The van der Waals surface area contributed by atoms with Crippen molar-refractivity contribution in [2.75, 3.05) is 0 Å². The molecule has 0 unspecified atom stereocenters. The zero-order valence-corrected chi connectivity index (χ0v) is 15.3. The van der Waals surface area contributed by atoms with Gasteiger partial charge in [0.2, 0.25) is 0 Å². The highest BCUT2D eigenvalue weighted by Crippen LogP contribution is 2.14. The Hall–Kier alpha value is -3.07. The zero-order chi connectivity index (χ0) is 21.2. The first kappa shape index (κ1) is 23.9. The number of ketones is 1. The van der Waals surface area contributed by atoms with Gasteiger partial charge in [0.1, 0.15) is 5.60 Å². The van der Waals surface area contributed by atoms with E-state index in [-0.39, 0.29) is 5.78 Å². The normalized spacial score (nSPS) is 10.2. The molecule has 3 N–H and O–H groups in total. The Morgan fingerprint density at radius 3 is 2.00 bits per heavy atom. The Balaban J connectivity index is 0.000000503. The van der Waals surface area contributed by atoms with E-state index in [9.17, 15) is 24.3 Å². The van der Waals surface area contributed by atoms with E-state index >= 15 is 0 Å². The number of hydrogen-bond donors (Lipinski definition) is 3. The van der Waals surface area contributed by atoms with E-state index in [0.717, 1.165) is 12.1 Å². The van der Waals surface area contributed by atoms with Crippen LogP contribution in [-0.4, -0.2) is 44.6 Å². The van der Waals surface area contributed by atoms with Crippen molar-refractivity contribution < 1.29 is 44.2 Å². The third kappa shape index (κ3) is 9.85. The van der Waals surface area contributed by atoms with Gasteiger partial charge in [0, 0.05) is 6.07 Å². The molecular formula is C18H23NO8. The number of hydrogen-bond acceptors (Lipinski definition) is 6. The van der Waals surface area contributed by atoms with Gasteiger partial charge < -0.3 is 25.2 Å². The molecule has 27 heavy (non-hydrogen) atoms. The second-order valence-electron chi connectivity index (χ2n) is 6.09. The van der Waals surface area contributed by atoms with Gasteiger partial charge in [-0.15, -0.1) is 0 Å². The number of carboxylic acid groups (broad SMARTS) is 3. The minimum atomic E-state index is -2.85. The molecule has 9 nitrogen and oxygen atoms in total. The number of aliphatic hydroxyl groups is 1.